The Hall–Kier alpha value is -2.63. The van der Waals surface area contributed by atoms with Gasteiger partial charge < -0.3 is 20.0 Å². The van der Waals surface area contributed by atoms with Crippen LogP contribution in [0.3, 0.4) is 0 Å². The second-order valence-corrected chi connectivity index (χ2v) is 5.20. The van der Waals surface area contributed by atoms with Gasteiger partial charge in [-0.2, -0.15) is 0 Å². The zero-order chi connectivity index (χ0) is 16.2. The van der Waals surface area contributed by atoms with E-state index >= 15 is 0 Å². The quantitative estimate of drug-likeness (QED) is 0.754. The molecule has 1 unspecified atom stereocenters. The fourth-order valence-corrected chi connectivity index (χ4v) is 2.28. The minimum atomic E-state index is -0.724. The molecule has 0 radical (unpaired) electrons. The summed E-state index contributed by atoms with van der Waals surface area (Å²) in [6.07, 6.45) is 0.733. The van der Waals surface area contributed by atoms with Crippen LogP contribution in [-0.4, -0.2) is 24.4 Å². The normalized spacial score (nSPS) is 12.3. The average Bonchev–Trinajstić information content (AvgIpc) is 2.60. The Morgan fingerprint density at radius 2 is 1.96 bits per heavy atom. The first-order valence-corrected chi connectivity index (χ1v) is 7.31. The van der Waals surface area contributed by atoms with Crippen molar-refractivity contribution in [2.24, 2.45) is 5.73 Å². The molecule has 1 atom stereocenters. The Kier molecular flexibility index (Phi) is 4.41. The van der Waals surface area contributed by atoms with E-state index in [1.807, 2.05) is 30.3 Å². The number of aliphatic hydroxyl groups excluding tert-OH is 1. The number of nitrogens with two attached hydrogens (primary N) is 1. The highest BCUT2D eigenvalue weighted by molar-refractivity contribution is 5.82. The van der Waals surface area contributed by atoms with Crippen LogP contribution < -0.4 is 15.9 Å². The number of benzene rings is 2. The number of hydrogen-bond acceptors (Lipinski definition) is 5. The summed E-state index contributed by atoms with van der Waals surface area (Å²) >= 11 is 0. The van der Waals surface area contributed by atoms with Crippen molar-refractivity contribution in [1.29, 1.82) is 0 Å². The molecule has 3 aromatic rings. The molecule has 2 aromatic carbocycles. The summed E-state index contributed by atoms with van der Waals surface area (Å²) in [7, 11) is 0. The molecule has 1 heterocycles. The zero-order valence-corrected chi connectivity index (χ0v) is 12.4. The molecule has 3 rings (SSSR count). The molecule has 0 aliphatic heterocycles. The number of hydrogen-bond donors (Lipinski definition) is 2. The van der Waals surface area contributed by atoms with Gasteiger partial charge in [-0.15, -0.1) is 0 Å². The highest BCUT2D eigenvalue weighted by Gasteiger charge is 2.10. The van der Waals surface area contributed by atoms with Crippen LogP contribution in [0.2, 0.25) is 0 Å². The molecule has 0 saturated carbocycles. The molecule has 0 bridgehead atoms. The van der Waals surface area contributed by atoms with Gasteiger partial charge in [-0.05, 0) is 17.7 Å². The monoisotopic (exact) mass is 311 g/mol. The number of rotatable bonds is 5. The molecule has 5 heteroatoms. The lowest BCUT2D eigenvalue weighted by Crippen LogP contribution is -2.26. The van der Waals surface area contributed by atoms with E-state index in [0.717, 1.165) is 5.56 Å². The summed E-state index contributed by atoms with van der Waals surface area (Å²) < 4.78 is 11.0. The van der Waals surface area contributed by atoms with E-state index in [2.05, 4.69) is 0 Å². The first-order valence-electron chi connectivity index (χ1n) is 7.31. The fourth-order valence-electron chi connectivity index (χ4n) is 2.28. The average molecular weight is 311 g/mol. The van der Waals surface area contributed by atoms with Crippen molar-refractivity contribution in [2.75, 3.05) is 13.2 Å². The van der Waals surface area contributed by atoms with Crippen molar-refractivity contribution >= 4 is 11.0 Å². The van der Waals surface area contributed by atoms with Crippen LogP contribution in [0.15, 0.2) is 64.0 Å². The van der Waals surface area contributed by atoms with Crippen LogP contribution in [0.5, 0.6) is 5.75 Å². The zero-order valence-electron chi connectivity index (χ0n) is 12.4. The lowest BCUT2D eigenvalue weighted by atomic mass is 10.1. The van der Waals surface area contributed by atoms with Crippen LogP contribution in [0.25, 0.3) is 22.1 Å². The first-order chi connectivity index (χ1) is 11.2. The molecular formula is C18H17NO4. The van der Waals surface area contributed by atoms with E-state index in [-0.39, 0.29) is 18.6 Å². The minimum absolute atomic E-state index is 0.0916. The molecule has 118 valence electrons. The Balaban J connectivity index is 1.95. The predicted octanol–water partition coefficient (Wildman–Crippen LogP) is 2.16. The van der Waals surface area contributed by atoms with Gasteiger partial charge in [-0.25, -0.2) is 0 Å². The Bertz CT molecular complexity index is 858. The molecule has 0 aliphatic rings. The van der Waals surface area contributed by atoms with E-state index in [1.165, 1.54) is 6.26 Å². The van der Waals surface area contributed by atoms with Gasteiger partial charge in [0, 0.05) is 12.6 Å². The topological polar surface area (TPSA) is 85.7 Å². The summed E-state index contributed by atoms with van der Waals surface area (Å²) in [5.74, 6) is 0.514. The highest BCUT2D eigenvalue weighted by atomic mass is 16.5. The van der Waals surface area contributed by atoms with Gasteiger partial charge in [0.25, 0.3) is 0 Å². The summed E-state index contributed by atoms with van der Waals surface area (Å²) in [6.45, 7) is 0.220. The second kappa shape index (κ2) is 6.64. The Morgan fingerprint density at radius 1 is 1.17 bits per heavy atom. The maximum atomic E-state index is 12.6. The van der Waals surface area contributed by atoms with Crippen molar-refractivity contribution in [3.05, 3.63) is 65.0 Å². The third-order valence-electron chi connectivity index (χ3n) is 3.55. The minimum Gasteiger partial charge on any atom is -0.491 e. The van der Waals surface area contributed by atoms with E-state index in [9.17, 15) is 9.90 Å². The van der Waals surface area contributed by atoms with E-state index in [1.54, 1.807) is 18.2 Å². The number of aliphatic hydroxyl groups is 1. The molecule has 1 aromatic heterocycles. The van der Waals surface area contributed by atoms with Crippen molar-refractivity contribution in [3.8, 4) is 16.9 Å². The van der Waals surface area contributed by atoms with Crippen molar-refractivity contribution in [1.82, 2.24) is 0 Å². The lowest BCUT2D eigenvalue weighted by Gasteiger charge is -2.10. The molecule has 0 amide bonds. The highest BCUT2D eigenvalue weighted by Crippen LogP contribution is 2.23. The van der Waals surface area contributed by atoms with Crippen molar-refractivity contribution < 1.29 is 14.3 Å². The van der Waals surface area contributed by atoms with E-state index < -0.39 is 6.10 Å². The molecule has 0 saturated heterocycles. The van der Waals surface area contributed by atoms with E-state index in [0.29, 0.717) is 22.3 Å². The standard InChI is InChI=1S/C18H17NO4/c19-9-13(20)10-22-14-6-7-15-17(8-14)23-11-16(18(15)21)12-4-2-1-3-5-12/h1-8,11,13,20H,9-10,19H2. The number of ether oxygens (including phenoxy) is 1. The smallest absolute Gasteiger partial charge is 0.200 e. The molecule has 0 fully saturated rings. The Morgan fingerprint density at radius 3 is 2.70 bits per heavy atom. The van der Waals surface area contributed by atoms with Crippen LogP contribution >= 0.6 is 0 Å². The third kappa shape index (κ3) is 3.26. The maximum Gasteiger partial charge on any atom is 0.200 e. The molecule has 3 N–H and O–H groups in total. The fraction of sp³-hybridized carbons (Fsp3) is 0.167. The maximum absolute atomic E-state index is 12.6. The molecule has 5 nitrogen and oxygen atoms in total. The largest absolute Gasteiger partial charge is 0.491 e. The molecule has 0 spiro atoms. The number of fused-ring (bicyclic) bond motifs is 1. The van der Waals surface area contributed by atoms with Crippen LogP contribution in [0.4, 0.5) is 0 Å². The van der Waals surface area contributed by atoms with Gasteiger partial charge in [0.2, 0.25) is 0 Å². The van der Waals surface area contributed by atoms with Gasteiger partial charge in [0.1, 0.15) is 30.3 Å². The van der Waals surface area contributed by atoms with Crippen molar-refractivity contribution in [2.45, 2.75) is 6.10 Å². The van der Waals surface area contributed by atoms with Gasteiger partial charge in [0.15, 0.2) is 5.43 Å². The second-order valence-electron chi connectivity index (χ2n) is 5.20. The van der Waals surface area contributed by atoms with Crippen LogP contribution in [0, 0.1) is 0 Å². The molecular weight excluding hydrogens is 294 g/mol. The lowest BCUT2D eigenvalue weighted by molar-refractivity contribution is 0.114. The van der Waals surface area contributed by atoms with Gasteiger partial charge in [-0.1, -0.05) is 30.3 Å². The summed E-state index contributed by atoms with van der Waals surface area (Å²) in [6, 6.07) is 14.3. The van der Waals surface area contributed by atoms with E-state index in [4.69, 9.17) is 14.9 Å². The van der Waals surface area contributed by atoms with Gasteiger partial charge in [0.05, 0.1) is 10.9 Å². The first kappa shape index (κ1) is 15.3. The summed E-state index contributed by atoms with van der Waals surface area (Å²) in [5.41, 5.74) is 7.01. The predicted molar refractivity (Wildman–Crippen MR) is 88.5 cm³/mol. The van der Waals surface area contributed by atoms with Crippen molar-refractivity contribution in [3.63, 3.8) is 0 Å². The van der Waals surface area contributed by atoms with Crippen LogP contribution in [0.1, 0.15) is 0 Å². The molecule has 23 heavy (non-hydrogen) atoms. The third-order valence-corrected chi connectivity index (χ3v) is 3.55. The summed E-state index contributed by atoms with van der Waals surface area (Å²) in [4.78, 5) is 12.6. The summed E-state index contributed by atoms with van der Waals surface area (Å²) in [5, 5.41) is 9.90. The Labute approximate surface area is 132 Å². The van der Waals surface area contributed by atoms with Crippen LogP contribution in [-0.2, 0) is 0 Å². The SMILES string of the molecule is NCC(O)COc1ccc2c(=O)c(-c3ccccc3)coc2c1. The molecule has 0 aliphatic carbocycles. The van der Waals surface area contributed by atoms with Gasteiger partial charge >= 0.3 is 0 Å². The van der Waals surface area contributed by atoms with Gasteiger partial charge in [-0.3, -0.25) is 4.79 Å².